The molecule has 18 heavy (non-hydrogen) atoms. The molecule has 1 atom stereocenters. The quantitative estimate of drug-likeness (QED) is 0.330. The van der Waals surface area contributed by atoms with Gasteiger partial charge in [0.05, 0.1) is 6.61 Å². The molecular weight excluding hydrogens is 247 g/mol. The molecule has 0 aromatic heterocycles. The molecule has 0 amide bonds. The van der Waals surface area contributed by atoms with Gasteiger partial charge in [0.1, 0.15) is 12.7 Å². The van der Waals surface area contributed by atoms with E-state index in [1.54, 1.807) is 6.08 Å². The van der Waals surface area contributed by atoms with Crippen LogP contribution in [0.5, 0.6) is 0 Å². The molecule has 0 spiro atoms. The van der Waals surface area contributed by atoms with E-state index in [2.05, 4.69) is 9.78 Å². The second-order valence-electron chi connectivity index (χ2n) is 3.27. The zero-order valence-corrected chi connectivity index (χ0v) is 12.2. The van der Waals surface area contributed by atoms with Gasteiger partial charge in [-0.2, -0.15) is 4.89 Å². The van der Waals surface area contributed by atoms with Crippen molar-refractivity contribution < 1.29 is 24.8 Å². The molecule has 5 nitrogen and oxygen atoms in total. The van der Waals surface area contributed by atoms with E-state index < -0.39 is 18.7 Å². The van der Waals surface area contributed by atoms with Crippen LogP contribution in [0.15, 0.2) is 36.4 Å². The van der Waals surface area contributed by atoms with Crippen LogP contribution in [-0.2, 0) is 14.6 Å². The Balaban J connectivity index is 0.00000289. The van der Waals surface area contributed by atoms with Gasteiger partial charge in [-0.05, 0) is 11.6 Å². The standard InChI is InChI=1S/C12H14O5.Na/c13-8-11(14)9-16-17-12(15)7-6-10-4-2-1-3-5-10;/h1-7,11,13-14H,8-9H2;. The summed E-state index contributed by atoms with van der Waals surface area (Å²) in [5, 5.41) is 17.4. The molecule has 93 valence electrons. The molecular formula is C12H14NaO5. The van der Waals surface area contributed by atoms with Crippen molar-refractivity contribution in [3.8, 4) is 0 Å². The van der Waals surface area contributed by atoms with Crippen LogP contribution in [0.25, 0.3) is 6.08 Å². The topological polar surface area (TPSA) is 76.0 Å². The van der Waals surface area contributed by atoms with Crippen molar-refractivity contribution in [1.29, 1.82) is 0 Å². The summed E-state index contributed by atoms with van der Waals surface area (Å²) in [7, 11) is 0. The van der Waals surface area contributed by atoms with E-state index >= 15 is 0 Å². The summed E-state index contributed by atoms with van der Waals surface area (Å²) in [5.74, 6) is -0.681. The number of hydrogen-bond donors (Lipinski definition) is 2. The van der Waals surface area contributed by atoms with Crippen LogP contribution >= 0.6 is 0 Å². The van der Waals surface area contributed by atoms with E-state index in [0.717, 1.165) is 5.56 Å². The van der Waals surface area contributed by atoms with Gasteiger partial charge in [-0.15, -0.1) is 0 Å². The van der Waals surface area contributed by atoms with Gasteiger partial charge in [0.25, 0.3) is 0 Å². The Morgan fingerprint density at radius 3 is 2.61 bits per heavy atom. The zero-order valence-electron chi connectivity index (χ0n) is 10.2. The average molecular weight is 261 g/mol. The SMILES string of the molecule is O=C(C=Cc1ccccc1)OOCC(O)CO.[Na]. The third-order valence-electron chi connectivity index (χ3n) is 1.82. The molecule has 0 aliphatic heterocycles. The first-order valence-electron chi connectivity index (χ1n) is 5.08. The summed E-state index contributed by atoms with van der Waals surface area (Å²) >= 11 is 0. The molecule has 1 unspecified atom stereocenters. The summed E-state index contributed by atoms with van der Waals surface area (Å²) < 4.78 is 0. The Hall–Kier alpha value is -0.690. The Morgan fingerprint density at radius 1 is 1.33 bits per heavy atom. The number of aliphatic hydroxyl groups is 2. The maximum absolute atomic E-state index is 11.1. The van der Waals surface area contributed by atoms with Gasteiger partial charge in [-0.1, -0.05) is 30.3 Å². The van der Waals surface area contributed by atoms with Crippen LogP contribution in [0, 0.1) is 0 Å². The van der Waals surface area contributed by atoms with Crippen molar-refractivity contribution >= 4 is 41.6 Å². The first kappa shape index (κ1) is 17.3. The second kappa shape index (κ2) is 10.3. The fraction of sp³-hybridized carbons (Fsp3) is 0.250. The summed E-state index contributed by atoms with van der Waals surface area (Å²) in [4.78, 5) is 19.9. The Labute approximate surface area is 127 Å². The van der Waals surface area contributed by atoms with Crippen molar-refractivity contribution in [3.63, 3.8) is 0 Å². The fourth-order valence-corrected chi connectivity index (χ4v) is 0.980. The van der Waals surface area contributed by atoms with Gasteiger partial charge in [-0.25, -0.2) is 4.79 Å². The van der Waals surface area contributed by atoms with E-state index in [0.29, 0.717) is 0 Å². The molecule has 0 saturated heterocycles. The first-order chi connectivity index (χ1) is 8.22. The second-order valence-corrected chi connectivity index (χ2v) is 3.27. The molecule has 0 saturated carbocycles. The molecule has 1 aromatic rings. The molecule has 1 rings (SSSR count). The van der Waals surface area contributed by atoms with E-state index in [4.69, 9.17) is 10.2 Å². The number of carbonyl (C=O) groups is 1. The van der Waals surface area contributed by atoms with Crippen LogP contribution in [-0.4, -0.2) is 65.1 Å². The first-order valence-corrected chi connectivity index (χ1v) is 5.08. The number of aliphatic hydroxyl groups excluding tert-OH is 2. The van der Waals surface area contributed by atoms with E-state index in [1.807, 2.05) is 30.3 Å². The van der Waals surface area contributed by atoms with Gasteiger partial charge in [0.15, 0.2) is 0 Å². The summed E-state index contributed by atoms with van der Waals surface area (Å²) in [5.41, 5.74) is 0.861. The fourth-order valence-electron chi connectivity index (χ4n) is 0.980. The van der Waals surface area contributed by atoms with Crippen LogP contribution in [0.3, 0.4) is 0 Å². The van der Waals surface area contributed by atoms with Crippen molar-refractivity contribution in [2.24, 2.45) is 0 Å². The Kier molecular flexibility index (Phi) is 9.86. The summed E-state index contributed by atoms with van der Waals surface area (Å²) in [6.45, 7) is -0.710. The van der Waals surface area contributed by atoms with Crippen LogP contribution in [0.2, 0.25) is 0 Å². The minimum absolute atomic E-state index is 0. The predicted molar refractivity (Wildman–Crippen MR) is 66.4 cm³/mol. The third kappa shape index (κ3) is 7.60. The zero-order chi connectivity index (χ0) is 12.5. The molecule has 0 bridgehead atoms. The van der Waals surface area contributed by atoms with E-state index in [1.165, 1.54) is 6.08 Å². The number of carbonyl (C=O) groups excluding carboxylic acids is 1. The van der Waals surface area contributed by atoms with Crippen LogP contribution in [0.4, 0.5) is 0 Å². The van der Waals surface area contributed by atoms with Crippen molar-refractivity contribution in [3.05, 3.63) is 42.0 Å². The summed E-state index contributed by atoms with van der Waals surface area (Å²) in [6.07, 6.45) is 1.73. The Bertz CT molecular complexity index is 366. The van der Waals surface area contributed by atoms with Gasteiger partial charge in [0.2, 0.25) is 0 Å². The molecule has 0 aliphatic rings. The molecule has 0 heterocycles. The van der Waals surface area contributed by atoms with E-state index in [-0.39, 0.29) is 36.2 Å². The average Bonchev–Trinajstić information content (AvgIpc) is 2.37. The van der Waals surface area contributed by atoms with Gasteiger partial charge >= 0.3 is 5.97 Å². The molecule has 0 fully saturated rings. The van der Waals surface area contributed by atoms with E-state index in [9.17, 15) is 4.79 Å². The maximum atomic E-state index is 11.1. The number of benzene rings is 1. The maximum Gasteiger partial charge on any atom is 0.365 e. The number of rotatable bonds is 6. The Morgan fingerprint density at radius 2 is 2.00 bits per heavy atom. The number of hydrogen-bond acceptors (Lipinski definition) is 5. The largest absolute Gasteiger partial charge is 0.394 e. The van der Waals surface area contributed by atoms with Crippen molar-refractivity contribution in [2.45, 2.75) is 6.10 Å². The predicted octanol–water partition coefficient (Wildman–Crippen LogP) is 0.147. The summed E-state index contributed by atoms with van der Waals surface area (Å²) in [6, 6.07) is 9.23. The molecule has 1 aromatic carbocycles. The van der Waals surface area contributed by atoms with Crippen LogP contribution in [0.1, 0.15) is 5.56 Å². The van der Waals surface area contributed by atoms with Crippen molar-refractivity contribution in [2.75, 3.05) is 13.2 Å². The molecule has 1 radical (unpaired) electrons. The van der Waals surface area contributed by atoms with Gasteiger partial charge < -0.3 is 10.2 Å². The molecule has 2 N–H and O–H groups in total. The molecule has 0 aliphatic carbocycles. The minimum atomic E-state index is -1.05. The van der Waals surface area contributed by atoms with Crippen molar-refractivity contribution in [1.82, 2.24) is 0 Å². The van der Waals surface area contributed by atoms with Crippen LogP contribution < -0.4 is 0 Å². The normalized spacial score (nSPS) is 11.9. The van der Waals surface area contributed by atoms with Gasteiger partial charge in [-0.3, -0.25) is 4.89 Å². The smallest absolute Gasteiger partial charge is 0.365 e. The third-order valence-corrected chi connectivity index (χ3v) is 1.82. The monoisotopic (exact) mass is 261 g/mol. The minimum Gasteiger partial charge on any atom is -0.394 e. The molecule has 6 heteroatoms. The van der Waals surface area contributed by atoms with Gasteiger partial charge in [0, 0.05) is 35.6 Å².